The molecule has 1 fully saturated rings. The summed E-state index contributed by atoms with van der Waals surface area (Å²) in [5.74, 6) is 0.0456. The van der Waals surface area contributed by atoms with Crippen LogP contribution in [0.5, 0.6) is 5.88 Å². The van der Waals surface area contributed by atoms with E-state index in [9.17, 15) is 9.18 Å². The summed E-state index contributed by atoms with van der Waals surface area (Å²) in [6, 6.07) is 4.44. The zero-order valence-corrected chi connectivity index (χ0v) is 16.4. The number of benzene rings is 1. The first-order valence-electron chi connectivity index (χ1n) is 8.91. The highest BCUT2D eigenvalue weighted by Crippen LogP contribution is 2.63. The Morgan fingerprint density at radius 1 is 1.38 bits per heavy atom. The Balaban J connectivity index is 1.61. The molecule has 1 amide bonds. The molecule has 2 heterocycles. The predicted molar refractivity (Wildman–Crippen MR) is 109 cm³/mol. The van der Waals surface area contributed by atoms with Gasteiger partial charge in [-0.25, -0.2) is 14.4 Å². The van der Waals surface area contributed by atoms with Crippen molar-refractivity contribution in [1.82, 2.24) is 9.97 Å². The molecule has 9 heteroatoms. The van der Waals surface area contributed by atoms with Gasteiger partial charge in [0.2, 0.25) is 5.88 Å². The molecule has 2 aromatic rings. The predicted octanol–water partition coefficient (Wildman–Crippen LogP) is 2.89. The molecular formula is C20H18FN5O2S. The lowest BCUT2D eigenvalue weighted by atomic mass is 9.77. The van der Waals surface area contributed by atoms with Crippen LogP contribution in [0.25, 0.3) is 0 Å². The summed E-state index contributed by atoms with van der Waals surface area (Å²) in [4.78, 5) is 25.0. The molecule has 0 saturated heterocycles. The van der Waals surface area contributed by atoms with Crippen molar-refractivity contribution in [3.8, 4) is 18.4 Å². The number of nitrogens with zero attached hydrogens (tertiary/aromatic N) is 3. The number of nitrogens with two attached hydrogens (primary N) is 1. The highest BCUT2D eigenvalue weighted by Gasteiger charge is 2.60. The van der Waals surface area contributed by atoms with Crippen molar-refractivity contribution in [2.75, 3.05) is 11.1 Å². The second kappa shape index (κ2) is 7.04. The number of thioether (sulfide) groups is 1. The number of hydrogen-bond donors (Lipinski definition) is 2. The second-order valence-electron chi connectivity index (χ2n) is 7.20. The fourth-order valence-corrected chi connectivity index (χ4v) is 4.81. The van der Waals surface area contributed by atoms with Crippen molar-refractivity contribution in [2.45, 2.75) is 25.3 Å². The van der Waals surface area contributed by atoms with Gasteiger partial charge in [-0.2, -0.15) is 0 Å². The Labute approximate surface area is 171 Å². The van der Waals surface area contributed by atoms with Gasteiger partial charge < -0.3 is 15.8 Å². The molecule has 0 bridgehead atoms. The number of hydrogen-bond acceptors (Lipinski definition) is 7. The number of ether oxygens (including phenoxy) is 1. The summed E-state index contributed by atoms with van der Waals surface area (Å²) in [5.41, 5.74) is 5.99. The van der Waals surface area contributed by atoms with Crippen molar-refractivity contribution in [2.24, 2.45) is 16.1 Å². The third-order valence-corrected chi connectivity index (χ3v) is 6.57. The minimum absolute atomic E-state index is 0.0708. The summed E-state index contributed by atoms with van der Waals surface area (Å²) in [5, 5.41) is 3.17. The first-order valence-corrected chi connectivity index (χ1v) is 9.89. The van der Waals surface area contributed by atoms with Crippen LogP contribution in [-0.2, 0) is 5.54 Å². The molecule has 1 aliphatic carbocycles. The van der Waals surface area contributed by atoms with E-state index >= 15 is 0 Å². The van der Waals surface area contributed by atoms with Gasteiger partial charge in [0.1, 0.15) is 17.6 Å². The number of carbonyl (C=O) groups excluding carboxylic acids is 1. The summed E-state index contributed by atoms with van der Waals surface area (Å²) in [6.07, 6.45) is 11.4. The van der Waals surface area contributed by atoms with Gasteiger partial charge in [-0.05, 0) is 38.0 Å². The smallest absolute Gasteiger partial charge is 0.275 e. The van der Waals surface area contributed by atoms with Crippen LogP contribution in [0.2, 0.25) is 0 Å². The number of rotatable bonds is 4. The largest absolute Gasteiger partial charge is 0.386 e. The van der Waals surface area contributed by atoms with Crippen LogP contribution in [0.3, 0.4) is 0 Å². The van der Waals surface area contributed by atoms with Crippen LogP contribution in [0.15, 0.2) is 35.6 Å². The molecule has 1 aromatic heterocycles. The van der Waals surface area contributed by atoms with E-state index in [-0.39, 0.29) is 22.8 Å². The lowest BCUT2D eigenvalue weighted by Crippen LogP contribution is -2.40. The van der Waals surface area contributed by atoms with E-state index in [4.69, 9.17) is 16.9 Å². The van der Waals surface area contributed by atoms with E-state index in [2.05, 4.69) is 20.3 Å². The summed E-state index contributed by atoms with van der Waals surface area (Å²) >= 11 is 1.50. The fourth-order valence-electron chi connectivity index (χ4n) is 3.57. The number of halogens is 1. The maximum absolute atomic E-state index is 14.8. The van der Waals surface area contributed by atoms with Gasteiger partial charge in [0.15, 0.2) is 5.17 Å². The van der Waals surface area contributed by atoms with Crippen LogP contribution < -0.4 is 15.8 Å². The second-order valence-corrected chi connectivity index (χ2v) is 8.20. The number of amidine groups is 1. The zero-order valence-electron chi connectivity index (χ0n) is 15.6. The van der Waals surface area contributed by atoms with Crippen molar-refractivity contribution in [3.05, 3.63) is 47.7 Å². The maximum Gasteiger partial charge on any atom is 0.275 e. The Kier molecular flexibility index (Phi) is 4.67. The normalized spacial score (nSPS) is 21.8. The zero-order chi connectivity index (χ0) is 20.6. The minimum atomic E-state index is -0.777. The quantitative estimate of drug-likeness (QED) is 0.750. The Morgan fingerprint density at radius 3 is 2.83 bits per heavy atom. The van der Waals surface area contributed by atoms with Gasteiger partial charge in [-0.1, -0.05) is 18.2 Å². The van der Waals surface area contributed by atoms with E-state index in [0.717, 1.165) is 18.6 Å². The highest BCUT2D eigenvalue weighted by atomic mass is 32.2. The fraction of sp³-hybridized carbons (Fsp3) is 0.300. The molecule has 4 rings (SSSR count). The average Bonchev–Trinajstić information content (AvgIpc) is 3.49. The molecule has 0 radical (unpaired) electrons. The third kappa shape index (κ3) is 3.40. The first-order chi connectivity index (χ1) is 13.9. The van der Waals surface area contributed by atoms with Gasteiger partial charge in [-0.15, -0.1) is 0 Å². The standard InChI is InChI=1S/C20H18FN5O2S/c1-3-28-16-10-23-15(9-24-16)17(27)25-12-4-5-14(21)13(8-12)19(2)20(6-7-20)11-29-18(22)26-19/h1,4-5,8-10H,6-7,11H2,2H3,(H2,22,26)(H,25,27)/t19-/m1/s1. The molecule has 3 N–H and O–H groups in total. The first kappa shape index (κ1) is 19.2. The van der Waals surface area contributed by atoms with Crippen molar-refractivity contribution >= 4 is 28.5 Å². The maximum atomic E-state index is 14.8. The van der Waals surface area contributed by atoms with Gasteiger partial charge in [0.05, 0.1) is 17.9 Å². The molecule has 148 valence electrons. The van der Waals surface area contributed by atoms with Gasteiger partial charge >= 0.3 is 0 Å². The topological polar surface area (TPSA) is 102 Å². The number of anilines is 1. The van der Waals surface area contributed by atoms with E-state index < -0.39 is 11.4 Å². The van der Waals surface area contributed by atoms with Gasteiger partial charge in [0.25, 0.3) is 5.91 Å². The Morgan fingerprint density at radius 2 is 2.17 bits per heavy atom. The van der Waals surface area contributed by atoms with Crippen molar-refractivity contribution < 1.29 is 13.9 Å². The average molecular weight is 411 g/mol. The monoisotopic (exact) mass is 411 g/mol. The molecule has 1 spiro atoms. The van der Waals surface area contributed by atoms with Crippen LogP contribution in [0, 0.1) is 23.8 Å². The molecule has 1 saturated carbocycles. The highest BCUT2D eigenvalue weighted by molar-refractivity contribution is 8.13. The van der Waals surface area contributed by atoms with Crippen LogP contribution in [0.1, 0.15) is 35.8 Å². The van der Waals surface area contributed by atoms with Crippen molar-refractivity contribution in [3.63, 3.8) is 0 Å². The molecule has 0 unspecified atom stereocenters. The Hall–Kier alpha value is -3.12. The molecule has 7 nitrogen and oxygen atoms in total. The van der Waals surface area contributed by atoms with Crippen LogP contribution >= 0.6 is 11.8 Å². The number of aromatic nitrogens is 2. The molecule has 2 aliphatic rings. The number of amides is 1. The summed E-state index contributed by atoms with van der Waals surface area (Å²) in [7, 11) is 0. The molecular weight excluding hydrogens is 393 g/mol. The summed E-state index contributed by atoms with van der Waals surface area (Å²) < 4.78 is 19.5. The van der Waals surface area contributed by atoms with E-state index in [1.54, 1.807) is 6.07 Å². The Bertz CT molecular complexity index is 1050. The van der Waals surface area contributed by atoms with Gasteiger partial charge in [0, 0.05) is 22.4 Å². The van der Waals surface area contributed by atoms with E-state index in [1.165, 1.54) is 36.3 Å². The van der Waals surface area contributed by atoms with Crippen LogP contribution in [0.4, 0.5) is 10.1 Å². The lowest BCUT2D eigenvalue weighted by molar-refractivity contribution is 0.102. The molecule has 1 aromatic carbocycles. The molecule has 1 aliphatic heterocycles. The minimum Gasteiger partial charge on any atom is -0.386 e. The van der Waals surface area contributed by atoms with Gasteiger partial charge in [-0.3, -0.25) is 9.79 Å². The molecule has 1 atom stereocenters. The number of nitrogens with one attached hydrogen (secondary N) is 1. The third-order valence-electron chi connectivity index (χ3n) is 5.49. The SMILES string of the molecule is C#COc1cnc(C(=O)Nc2ccc(F)c([C@@]3(C)N=C(N)SCC34CC4)c2)cn1. The van der Waals surface area contributed by atoms with Crippen molar-refractivity contribution in [1.29, 1.82) is 0 Å². The number of aliphatic imine (C=N–C) groups is 1. The van der Waals surface area contributed by atoms with E-state index in [1.807, 2.05) is 13.0 Å². The molecule has 29 heavy (non-hydrogen) atoms. The number of terminal acetylenes is 1. The van der Waals surface area contributed by atoms with Crippen LogP contribution in [-0.4, -0.2) is 26.8 Å². The van der Waals surface area contributed by atoms with E-state index in [0.29, 0.717) is 16.4 Å². The summed E-state index contributed by atoms with van der Waals surface area (Å²) in [6.45, 7) is 1.91. The number of carbonyl (C=O) groups is 1. The lowest BCUT2D eigenvalue weighted by Gasteiger charge is -2.39.